The fraction of sp³-hybridized carbons (Fsp3) is 0.200. The van der Waals surface area contributed by atoms with E-state index < -0.39 is 0 Å². The highest BCUT2D eigenvalue weighted by atomic mass is 16.1. The van der Waals surface area contributed by atoms with E-state index in [9.17, 15) is 9.59 Å². The van der Waals surface area contributed by atoms with Gasteiger partial charge in [-0.3, -0.25) is 9.59 Å². The van der Waals surface area contributed by atoms with Crippen molar-refractivity contribution in [3.63, 3.8) is 0 Å². The van der Waals surface area contributed by atoms with E-state index in [0.29, 0.717) is 12.3 Å². The Morgan fingerprint density at radius 1 is 1.00 bits per heavy atom. The van der Waals surface area contributed by atoms with Gasteiger partial charge in [-0.1, -0.05) is 43.3 Å². The monoisotopic (exact) mass is 320 g/mol. The van der Waals surface area contributed by atoms with E-state index in [1.54, 1.807) is 6.07 Å². The van der Waals surface area contributed by atoms with Crippen LogP contribution >= 0.6 is 0 Å². The normalized spacial score (nSPS) is 15.9. The second kappa shape index (κ2) is 6.71. The van der Waals surface area contributed by atoms with Crippen molar-refractivity contribution in [2.75, 3.05) is 5.32 Å². The van der Waals surface area contributed by atoms with Gasteiger partial charge in [0.25, 0.3) is 0 Å². The Hall–Kier alpha value is -2.88. The number of anilines is 1. The first-order chi connectivity index (χ1) is 11.5. The molecule has 1 atom stereocenters. The Morgan fingerprint density at radius 2 is 1.71 bits per heavy atom. The predicted molar refractivity (Wildman–Crippen MR) is 97.4 cm³/mol. The van der Waals surface area contributed by atoms with Crippen LogP contribution in [0.2, 0.25) is 0 Å². The van der Waals surface area contributed by atoms with Gasteiger partial charge in [0.15, 0.2) is 0 Å². The van der Waals surface area contributed by atoms with Gasteiger partial charge >= 0.3 is 0 Å². The standard InChI is InChI=1S/C10H11NO.C10H9NO/c2*1-7-6-10(12)11-9-5-3-2-4-8(7)9/h2-5,7H,6H2,1H3,(H,11,12);2-6H,1H3,(H,11,12). The van der Waals surface area contributed by atoms with E-state index in [1.165, 1.54) is 5.56 Å². The number of aryl methyl sites for hydroxylation is 1. The van der Waals surface area contributed by atoms with Crippen molar-refractivity contribution in [1.82, 2.24) is 4.98 Å². The van der Waals surface area contributed by atoms with Crippen molar-refractivity contribution in [3.05, 3.63) is 76.1 Å². The number of fused-ring (bicyclic) bond motifs is 2. The number of carbonyl (C=O) groups is 1. The van der Waals surface area contributed by atoms with Crippen LogP contribution in [0.1, 0.15) is 30.4 Å². The third-order valence-corrected chi connectivity index (χ3v) is 4.21. The molecule has 1 amide bonds. The van der Waals surface area contributed by atoms with E-state index in [4.69, 9.17) is 0 Å². The summed E-state index contributed by atoms with van der Waals surface area (Å²) < 4.78 is 0. The number of rotatable bonds is 0. The molecule has 0 saturated heterocycles. The Kier molecular flexibility index (Phi) is 4.47. The average Bonchev–Trinajstić information content (AvgIpc) is 2.55. The lowest BCUT2D eigenvalue weighted by molar-refractivity contribution is -0.116. The maximum Gasteiger partial charge on any atom is 0.248 e. The van der Waals surface area contributed by atoms with Gasteiger partial charge in [0.2, 0.25) is 11.5 Å². The molecular weight excluding hydrogens is 300 g/mol. The van der Waals surface area contributed by atoms with Crippen LogP contribution in [-0.2, 0) is 4.79 Å². The van der Waals surface area contributed by atoms with Gasteiger partial charge in [-0.05, 0) is 36.1 Å². The number of para-hydroxylation sites is 2. The van der Waals surface area contributed by atoms with E-state index >= 15 is 0 Å². The Bertz CT molecular complexity index is 944. The van der Waals surface area contributed by atoms with Crippen molar-refractivity contribution in [1.29, 1.82) is 0 Å². The Labute approximate surface area is 140 Å². The SMILES string of the molecule is CC1CC(=O)Nc2ccccc21.Cc1cc(=O)[nH]c2ccccc12. The first-order valence-corrected chi connectivity index (χ1v) is 8.02. The van der Waals surface area contributed by atoms with Crippen molar-refractivity contribution in [2.24, 2.45) is 0 Å². The average molecular weight is 320 g/mol. The quantitative estimate of drug-likeness (QED) is 0.658. The smallest absolute Gasteiger partial charge is 0.248 e. The number of hydrogen-bond acceptors (Lipinski definition) is 2. The lowest BCUT2D eigenvalue weighted by atomic mass is 9.92. The zero-order valence-corrected chi connectivity index (χ0v) is 13.8. The molecule has 0 radical (unpaired) electrons. The summed E-state index contributed by atoms with van der Waals surface area (Å²) in [6.07, 6.45) is 0.608. The predicted octanol–water partition coefficient (Wildman–Crippen LogP) is 3.97. The van der Waals surface area contributed by atoms with Gasteiger partial charge in [0.05, 0.1) is 0 Å². The number of carbonyl (C=O) groups excluding carboxylic acids is 1. The minimum Gasteiger partial charge on any atom is -0.326 e. The van der Waals surface area contributed by atoms with Crippen molar-refractivity contribution < 1.29 is 4.79 Å². The van der Waals surface area contributed by atoms with Gasteiger partial charge in [-0.15, -0.1) is 0 Å². The van der Waals surface area contributed by atoms with Crippen LogP contribution in [0, 0.1) is 6.92 Å². The van der Waals surface area contributed by atoms with E-state index in [-0.39, 0.29) is 11.5 Å². The highest BCUT2D eigenvalue weighted by Gasteiger charge is 2.20. The molecule has 122 valence electrons. The van der Waals surface area contributed by atoms with Crippen molar-refractivity contribution >= 4 is 22.5 Å². The number of nitrogens with one attached hydrogen (secondary N) is 2. The van der Waals surface area contributed by atoms with Gasteiger partial charge in [0, 0.05) is 29.1 Å². The molecule has 3 aromatic rings. The van der Waals surface area contributed by atoms with Crippen LogP contribution in [0.3, 0.4) is 0 Å². The summed E-state index contributed by atoms with van der Waals surface area (Å²) in [5, 5.41) is 3.96. The van der Waals surface area contributed by atoms with Crippen LogP contribution < -0.4 is 10.9 Å². The van der Waals surface area contributed by atoms with Gasteiger partial charge in [-0.25, -0.2) is 0 Å². The molecule has 0 saturated carbocycles. The second-order valence-electron chi connectivity index (χ2n) is 6.10. The van der Waals surface area contributed by atoms with E-state index in [2.05, 4.69) is 23.3 Å². The molecule has 4 rings (SSSR count). The van der Waals surface area contributed by atoms with Gasteiger partial charge in [0.1, 0.15) is 0 Å². The number of hydrogen-bond donors (Lipinski definition) is 2. The molecule has 0 aliphatic carbocycles. The fourth-order valence-electron chi connectivity index (χ4n) is 3.01. The first kappa shape index (κ1) is 16.0. The minimum atomic E-state index is -0.0359. The number of aromatic nitrogens is 1. The number of H-pyrrole nitrogens is 1. The van der Waals surface area contributed by atoms with Crippen LogP contribution in [0.5, 0.6) is 0 Å². The molecular formula is C20H20N2O2. The molecule has 1 aliphatic rings. The molecule has 2 heterocycles. The van der Waals surface area contributed by atoms with E-state index in [0.717, 1.165) is 22.2 Å². The molecule has 1 unspecified atom stereocenters. The van der Waals surface area contributed by atoms with Gasteiger partial charge < -0.3 is 10.3 Å². The minimum absolute atomic E-state index is 0.0359. The maximum absolute atomic E-state index is 11.1. The molecule has 4 nitrogen and oxygen atoms in total. The summed E-state index contributed by atoms with van der Waals surface area (Å²) in [6.45, 7) is 4.02. The molecule has 4 heteroatoms. The van der Waals surface area contributed by atoms with Crippen LogP contribution in [0.15, 0.2) is 59.4 Å². The highest BCUT2D eigenvalue weighted by Crippen LogP contribution is 2.30. The summed E-state index contributed by atoms with van der Waals surface area (Å²) in [7, 11) is 0. The molecule has 1 aromatic heterocycles. The molecule has 0 fully saturated rings. The van der Waals surface area contributed by atoms with Crippen LogP contribution in [-0.4, -0.2) is 10.9 Å². The van der Waals surface area contributed by atoms with Crippen molar-refractivity contribution in [3.8, 4) is 0 Å². The second-order valence-corrected chi connectivity index (χ2v) is 6.10. The number of aromatic amines is 1. The molecule has 24 heavy (non-hydrogen) atoms. The molecule has 1 aliphatic heterocycles. The summed E-state index contributed by atoms with van der Waals surface area (Å²) in [5.41, 5.74) is 4.11. The summed E-state index contributed by atoms with van der Waals surface area (Å²) >= 11 is 0. The molecule has 0 bridgehead atoms. The fourth-order valence-corrected chi connectivity index (χ4v) is 3.01. The summed E-state index contributed by atoms with van der Waals surface area (Å²) in [6, 6.07) is 17.4. The lowest BCUT2D eigenvalue weighted by Crippen LogP contribution is -2.21. The van der Waals surface area contributed by atoms with Gasteiger partial charge in [-0.2, -0.15) is 0 Å². The Balaban J connectivity index is 0.000000141. The highest BCUT2D eigenvalue weighted by molar-refractivity contribution is 5.94. The molecule has 2 N–H and O–H groups in total. The summed E-state index contributed by atoms with van der Waals surface area (Å²) in [4.78, 5) is 24.9. The Morgan fingerprint density at radius 3 is 2.54 bits per heavy atom. The number of pyridine rings is 1. The molecule has 2 aromatic carbocycles. The summed E-state index contributed by atoms with van der Waals surface area (Å²) in [5.74, 6) is 0.483. The third-order valence-electron chi connectivity index (χ3n) is 4.21. The van der Waals surface area contributed by atoms with Crippen LogP contribution in [0.25, 0.3) is 10.9 Å². The number of benzene rings is 2. The largest absolute Gasteiger partial charge is 0.326 e. The molecule has 0 spiro atoms. The van der Waals surface area contributed by atoms with Crippen molar-refractivity contribution in [2.45, 2.75) is 26.2 Å². The topological polar surface area (TPSA) is 62.0 Å². The first-order valence-electron chi connectivity index (χ1n) is 8.02. The van der Waals surface area contributed by atoms with E-state index in [1.807, 2.05) is 49.4 Å². The zero-order chi connectivity index (χ0) is 17.1. The zero-order valence-electron chi connectivity index (χ0n) is 13.8. The third kappa shape index (κ3) is 3.38. The lowest BCUT2D eigenvalue weighted by Gasteiger charge is -2.21. The maximum atomic E-state index is 11.1. The number of amides is 1. The van der Waals surface area contributed by atoms with Crippen LogP contribution in [0.4, 0.5) is 5.69 Å².